The second-order valence-electron chi connectivity index (χ2n) is 4.85. The van der Waals surface area contributed by atoms with Gasteiger partial charge in [0.1, 0.15) is 5.82 Å². The minimum atomic E-state index is -0.209. The van der Waals surface area contributed by atoms with Crippen molar-refractivity contribution in [2.24, 2.45) is 5.84 Å². The molecule has 3 rings (SSSR count). The highest BCUT2D eigenvalue weighted by molar-refractivity contribution is 9.10. The number of halogens is 2. The predicted octanol–water partition coefficient (Wildman–Crippen LogP) is 4.55. The van der Waals surface area contributed by atoms with Crippen molar-refractivity contribution in [3.8, 4) is 0 Å². The number of benzene rings is 2. The Morgan fingerprint density at radius 1 is 1.19 bits per heavy atom. The molecule has 0 amide bonds. The van der Waals surface area contributed by atoms with Crippen molar-refractivity contribution in [3.05, 3.63) is 69.3 Å². The van der Waals surface area contributed by atoms with Crippen molar-refractivity contribution < 1.29 is 4.39 Å². The zero-order valence-electron chi connectivity index (χ0n) is 11.1. The molecule has 2 aromatic carbocycles. The molecule has 21 heavy (non-hydrogen) atoms. The van der Waals surface area contributed by atoms with E-state index in [9.17, 15) is 4.39 Å². The van der Waals surface area contributed by atoms with Crippen molar-refractivity contribution in [1.29, 1.82) is 0 Å². The fourth-order valence-electron chi connectivity index (χ4n) is 2.34. The SMILES string of the molecule is NNC(Cc1cc(Br)ccc1F)c1cc2ccccc2s1. The summed E-state index contributed by atoms with van der Waals surface area (Å²) in [5.41, 5.74) is 3.45. The van der Waals surface area contributed by atoms with Gasteiger partial charge in [-0.05, 0) is 47.7 Å². The van der Waals surface area contributed by atoms with E-state index < -0.39 is 0 Å². The van der Waals surface area contributed by atoms with Crippen LogP contribution < -0.4 is 11.3 Å². The van der Waals surface area contributed by atoms with Gasteiger partial charge in [-0.3, -0.25) is 11.3 Å². The maximum absolute atomic E-state index is 13.9. The number of fused-ring (bicyclic) bond motifs is 1. The van der Waals surface area contributed by atoms with Gasteiger partial charge in [0.05, 0.1) is 6.04 Å². The molecule has 0 aliphatic heterocycles. The molecule has 0 saturated carbocycles. The summed E-state index contributed by atoms with van der Waals surface area (Å²) >= 11 is 5.06. The third kappa shape index (κ3) is 3.16. The summed E-state index contributed by atoms with van der Waals surface area (Å²) in [7, 11) is 0. The topological polar surface area (TPSA) is 38.0 Å². The summed E-state index contributed by atoms with van der Waals surface area (Å²) in [5, 5.41) is 1.19. The van der Waals surface area contributed by atoms with Gasteiger partial charge in [-0.15, -0.1) is 11.3 Å². The Morgan fingerprint density at radius 2 is 2.00 bits per heavy atom. The van der Waals surface area contributed by atoms with E-state index in [1.807, 2.05) is 12.1 Å². The normalized spacial score (nSPS) is 12.7. The van der Waals surface area contributed by atoms with E-state index in [1.165, 1.54) is 16.2 Å². The van der Waals surface area contributed by atoms with Gasteiger partial charge in [-0.25, -0.2) is 4.39 Å². The van der Waals surface area contributed by atoms with Crippen LogP contribution in [-0.2, 0) is 6.42 Å². The third-order valence-corrected chi connectivity index (χ3v) is 5.14. The van der Waals surface area contributed by atoms with E-state index in [0.717, 1.165) is 9.35 Å². The lowest BCUT2D eigenvalue weighted by molar-refractivity contribution is 0.535. The fraction of sp³-hybridized carbons (Fsp3) is 0.125. The number of hydrazine groups is 1. The van der Waals surface area contributed by atoms with Crippen molar-refractivity contribution in [3.63, 3.8) is 0 Å². The van der Waals surface area contributed by atoms with Crippen molar-refractivity contribution in [1.82, 2.24) is 5.43 Å². The predicted molar refractivity (Wildman–Crippen MR) is 89.7 cm³/mol. The molecule has 0 bridgehead atoms. The number of hydrogen-bond donors (Lipinski definition) is 2. The number of thiophene rings is 1. The van der Waals surface area contributed by atoms with E-state index in [4.69, 9.17) is 5.84 Å². The molecule has 3 aromatic rings. The number of nitrogens with one attached hydrogen (secondary N) is 1. The van der Waals surface area contributed by atoms with Crippen LogP contribution >= 0.6 is 27.3 Å². The van der Waals surface area contributed by atoms with Crippen LogP contribution in [0.5, 0.6) is 0 Å². The maximum Gasteiger partial charge on any atom is 0.126 e. The molecule has 0 aliphatic rings. The summed E-state index contributed by atoms with van der Waals surface area (Å²) < 4.78 is 16.0. The molecule has 3 N–H and O–H groups in total. The van der Waals surface area contributed by atoms with Gasteiger partial charge >= 0.3 is 0 Å². The molecule has 0 spiro atoms. The minimum absolute atomic E-state index is 0.105. The van der Waals surface area contributed by atoms with Crippen LogP contribution in [0, 0.1) is 5.82 Å². The van der Waals surface area contributed by atoms with Gasteiger partial charge in [0.25, 0.3) is 0 Å². The lowest BCUT2D eigenvalue weighted by Gasteiger charge is -2.15. The van der Waals surface area contributed by atoms with Gasteiger partial charge in [0, 0.05) is 14.0 Å². The molecule has 1 atom stereocenters. The summed E-state index contributed by atoms with van der Waals surface area (Å²) in [6.07, 6.45) is 0.509. The monoisotopic (exact) mass is 364 g/mol. The molecule has 1 unspecified atom stereocenters. The number of rotatable bonds is 4. The lowest BCUT2D eigenvalue weighted by atomic mass is 10.0. The first-order valence-electron chi connectivity index (χ1n) is 6.56. The largest absolute Gasteiger partial charge is 0.271 e. The standard InChI is InChI=1S/C16H14BrFN2S/c17-12-5-6-13(18)11(7-12)8-14(20-19)16-9-10-3-1-2-4-15(10)21-16/h1-7,9,14,20H,8,19H2. The first kappa shape index (κ1) is 14.7. The van der Waals surface area contributed by atoms with Crippen LogP contribution in [0.15, 0.2) is 53.0 Å². The highest BCUT2D eigenvalue weighted by Gasteiger charge is 2.16. The molecule has 108 valence electrons. The Labute approximate surface area is 134 Å². The van der Waals surface area contributed by atoms with Crippen molar-refractivity contribution in [2.75, 3.05) is 0 Å². The van der Waals surface area contributed by atoms with Crippen LogP contribution in [0.2, 0.25) is 0 Å². The highest BCUT2D eigenvalue weighted by atomic mass is 79.9. The van der Waals surface area contributed by atoms with E-state index in [0.29, 0.717) is 12.0 Å². The van der Waals surface area contributed by atoms with Crippen LogP contribution in [0.25, 0.3) is 10.1 Å². The maximum atomic E-state index is 13.9. The number of hydrogen-bond acceptors (Lipinski definition) is 3. The summed E-state index contributed by atoms with van der Waals surface area (Å²) in [6.45, 7) is 0. The van der Waals surface area contributed by atoms with Gasteiger partial charge in [-0.2, -0.15) is 0 Å². The number of nitrogens with two attached hydrogens (primary N) is 1. The van der Waals surface area contributed by atoms with Crippen molar-refractivity contribution >= 4 is 37.4 Å². The first-order valence-corrected chi connectivity index (χ1v) is 8.17. The van der Waals surface area contributed by atoms with Gasteiger partial charge < -0.3 is 0 Å². The van der Waals surface area contributed by atoms with E-state index >= 15 is 0 Å². The van der Waals surface area contributed by atoms with Crippen LogP contribution in [0.4, 0.5) is 4.39 Å². The quantitative estimate of drug-likeness (QED) is 0.526. The molecule has 0 radical (unpaired) electrons. The Bertz CT molecular complexity index is 739. The fourth-order valence-corrected chi connectivity index (χ4v) is 3.87. The molecule has 1 heterocycles. The van der Waals surface area contributed by atoms with Gasteiger partial charge in [0.2, 0.25) is 0 Å². The minimum Gasteiger partial charge on any atom is -0.271 e. The van der Waals surface area contributed by atoms with Crippen LogP contribution in [-0.4, -0.2) is 0 Å². The molecular weight excluding hydrogens is 351 g/mol. The Hall–Kier alpha value is -1.27. The first-order chi connectivity index (χ1) is 10.2. The average Bonchev–Trinajstić information content (AvgIpc) is 2.91. The molecule has 5 heteroatoms. The Morgan fingerprint density at radius 3 is 2.76 bits per heavy atom. The third-order valence-electron chi connectivity index (χ3n) is 3.42. The highest BCUT2D eigenvalue weighted by Crippen LogP contribution is 2.31. The molecule has 1 aromatic heterocycles. The Kier molecular flexibility index (Phi) is 4.35. The van der Waals surface area contributed by atoms with E-state index in [1.54, 1.807) is 23.5 Å². The van der Waals surface area contributed by atoms with E-state index in [2.05, 4.69) is 39.6 Å². The Balaban J connectivity index is 1.92. The molecule has 0 aliphatic carbocycles. The molecular formula is C16H14BrFN2S. The molecule has 0 fully saturated rings. The van der Waals surface area contributed by atoms with Crippen LogP contribution in [0.1, 0.15) is 16.5 Å². The summed E-state index contributed by atoms with van der Waals surface area (Å²) in [6, 6.07) is 15.2. The second kappa shape index (κ2) is 6.23. The van der Waals surface area contributed by atoms with Gasteiger partial charge in [0.15, 0.2) is 0 Å². The zero-order chi connectivity index (χ0) is 14.8. The molecule has 0 saturated heterocycles. The summed E-state index contributed by atoms with van der Waals surface area (Å²) in [5.74, 6) is 5.48. The van der Waals surface area contributed by atoms with Gasteiger partial charge in [-0.1, -0.05) is 34.1 Å². The average molecular weight is 365 g/mol. The van der Waals surface area contributed by atoms with Crippen LogP contribution in [0.3, 0.4) is 0 Å². The van der Waals surface area contributed by atoms with E-state index in [-0.39, 0.29) is 11.9 Å². The smallest absolute Gasteiger partial charge is 0.126 e. The van der Waals surface area contributed by atoms with Crippen molar-refractivity contribution in [2.45, 2.75) is 12.5 Å². The molecule has 2 nitrogen and oxygen atoms in total. The second-order valence-corrected chi connectivity index (χ2v) is 6.88. The summed E-state index contributed by atoms with van der Waals surface area (Å²) in [4.78, 5) is 1.11. The lowest BCUT2D eigenvalue weighted by Crippen LogP contribution is -2.29. The zero-order valence-corrected chi connectivity index (χ0v) is 13.5.